The van der Waals surface area contributed by atoms with Crippen LogP contribution in [-0.2, 0) is 6.54 Å². The maximum atomic E-state index is 5.42. The summed E-state index contributed by atoms with van der Waals surface area (Å²) in [6.45, 7) is 7.12. The fourth-order valence-corrected chi connectivity index (χ4v) is 2.99. The fraction of sp³-hybridized carbons (Fsp3) is 0.667. The van der Waals surface area contributed by atoms with Gasteiger partial charge in [-0.25, -0.2) is 4.68 Å². The lowest BCUT2D eigenvalue weighted by Crippen LogP contribution is -2.46. The Kier molecular flexibility index (Phi) is 4.84. The van der Waals surface area contributed by atoms with Crippen molar-refractivity contribution in [1.82, 2.24) is 30.0 Å². The molecule has 0 unspecified atom stereocenters. The standard InChI is InChI=1S/C15H24N6O/c1-3-5-14(20-9-7-19(2)8-10-20)15-16-17-18-21(15)12-13-6-4-11-22-13/h4,6,11,14H,3,5,7-10,12H2,1-2H3/t14-/m0/s1. The molecular weight excluding hydrogens is 280 g/mol. The first-order valence-corrected chi connectivity index (χ1v) is 7.99. The Bertz CT molecular complexity index is 558. The Balaban J connectivity index is 1.78. The monoisotopic (exact) mass is 304 g/mol. The van der Waals surface area contributed by atoms with E-state index in [0.29, 0.717) is 6.54 Å². The van der Waals surface area contributed by atoms with Crippen LogP contribution in [0.15, 0.2) is 22.8 Å². The van der Waals surface area contributed by atoms with Gasteiger partial charge in [0.15, 0.2) is 5.82 Å². The van der Waals surface area contributed by atoms with Crippen molar-refractivity contribution in [2.75, 3.05) is 33.2 Å². The third-order valence-corrected chi connectivity index (χ3v) is 4.28. The molecule has 1 atom stereocenters. The van der Waals surface area contributed by atoms with Crippen LogP contribution < -0.4 is 0 Å². The summed E-state index contributed by atoms with van der Waals surface area (Å²) in [6, 6.07) is 4.13. The zero-order valence-corrected chi connectivity index (χ0v) is 13.4. The molecule has 0 aliphatic carbocycles. The number of rotatable bonds is 6. The SMILES string of the molecule is CCC[C@@H](c1nnnn1Cc1ccco1)N1CCN(C)CC1. The van der Waals surface area contributed by atoms with E-state index in [1.54, 1.807) is 6.26 Å². The Morgan fingerprint density at radius 3 is 2.77 bits per heavy atom. The molecule has 1 aliphatic heterocycles. The van der Waals surface area contributed by atoms with Crippen LogP contribution in [0.25, 0.3) is 0 Å². The summed E-state index contributed by atoms with van der Waals surface area (Å²) in [5.41, 5.74) is 0. The quantitative estimate of drug-likeness (QED) is 0.804. The van der Waals surface area contributed by atoms with Crippen molar-refractivity contribution >= 4 is 0 Å². The number of furan rings is 1. The lowest BCUT2D eigenvalue weighted by molar-refractivity contribution is 0.0995. The number of hydrogen-bond donors (Lipinski definition) is 0. The third kappa shape index (κ3) is 3.36. The molecule has 1 saturated heterocycles. The second-order valence-electron chi connectivity index (χ2n) is 5.92. The molecule has 1 aliphatic rings. The van der Waals surface area contributed by atoms with E-state index in [0.717, 1.165) is 50.6 Å². The Morgan fingerprint density at radius 1 is 1.27 bits per heavy atom. The fourth-order valence-electron chi connectivity index (χ4n) is 2.99. The molecule has 7 nitrogen and oxygen atoms in total. The molecule has 0 saturated carbocycles. The minimum absolute atomic E-state index is 0.281. The van der Waals surface area contributed by atoms with E-state index in [4.69, 9.17) is 4.42 Å². The Hall–Kier alpha value is -1.73. The highest BCUT2D eigenvalue weighted by Gasteiger charge is 2.27. The van der Waals surface area contributed by atoms with Crippen LogP contribution in [-0.4, -0.2) is 63.2 Å². The zero-order chi connectivity index (χ0) is 15.4. The van der Waals surface area contributed by atoms with Gasteiger partial charge in [0.25, 0.3) is 0 Å². The van der Waals surface area contributed by atoms with E-state index in [-0.39, 0.29) is 6.04 Å². The summed E-state index contributed by atoms with van der Waals surface area (Å²) in [5.74, 6) is 1.82. The van der Waals surface area contributed by atoms with Crippen molar-refractivity contribution < 1.29 is 4.42 Å². The average Bonchev–Trinajstić information content (AvgIpc) is 3.18. The van der Waals surface area contributed by atoms with Crippen molar-refractivity contribution in [1.29, 1.82) is 0 Å². The molecule has 120 valence electrons. The van der Waals surface area contributed by atoms with Gasteiger partial charge in [-0.1, -0.05) is 13.3 Å². The van der Waals surface area contributed by atoms with Gasteiger partial charge >= 0.3 is 0 Å². The molecule has 2 aromatic heterocycles. The van der Waals surface area contributed by atoms with Gasteiger partial charge in [-0.15, -0.1) is 5.10 Å². The summed E-state index contributed by atoms with van der Waals surface area (Å²) in [4.78, 5) is 4.87. The number of hydrogen-bond acceptors (Lipinski definition) is 6. The second kappa shape index (κ2) is 7.02. The highest BCUT2D eigenvalue weighted by molar-refractivity contribution is 5.02. The highest BCUT2D eigenvalue weighted by Crippen LogP contribution is 2.25. The maximum Gasteiger partial charge on any atom is 0.168 e. The summed E-state index contributed by atoms with van der Waals surface area (Å²) in [6.07, 6.45) is 3.87. The molecule has 0 N–H and O–H groups in total. The smallest absolute Gasteiger partial charge is 0.168 e. The first-order chi connectivity index (χ1) is 10.8. The minimum Gasteiger partial charge on any atom is -0.467 e. The number of likely N-dealkylation sites (N-methyl/N-ethyl adjacent to an activating group) is 1. The minimum atomic E-state index is 0.281. The number of piperazine rings is 1. The molecule has 22 heavy (non-hydrogen) atoms. The van der Waals surface area contributed by atoms with E-state index in [9.17, 15) is 0 Å². The van der Waals surface area contributed by atoms with E-state index in [1.165, 1.54) is 0 Å². The summed E-state index contributed by atoms with van der Waals surface area (Å²) < 4.78 is 7.30. The van der Waals surface area contributed by atoms with E-state index < -0.39 is 0 Å². The van der Waals surface area contributed by atoms with Crippen LogP contribution in [0.5, 0.6) is 0 Å². The lowest BCUT2D eigenvalue weighted by Gasteiger charge is -2.37. The Labute approximate surface area is 130 Å². The lowest BCUT2D eigenvalue weighted by atomic mass is 10.1. The van der Waals surface area contributed by atoms with Crippen LogP contribution >= 0.6 is 0 Å². The molecule has 2 aromatic rings. The van der Waals surface area contributed by atoms with Gasteiger partial charge in [-0.2, -0.15) is 0 Å². The summed E-state index contributed by atoms with van der Waals surface area (Å²) in [5, 5.41) is 12.4. The average molecular weight is 304 g/mol. The van der Waals surface area contributed by atoms with Gasteiger partial charge in [-0.05, 0) is 36.0 Å². The first kappa shape index (κ1) is 15.2. The van der Waals surface area contributed by atoms with Crippen molar-refractivity contribution in [3.63, 3.8) is 0 Å². The molecule has 3 rings (SSSR count). The molecule has 7 heteroatoms. The van der Waals surface area contributed by atoms with Crippen LogP contribution in [0.4, 0.5) is 0 Å². The van der Waals surface area contributed by atoms with E-state index >= 15 is 0 Å². The first-order valence-electron chi connectivity index (χ1n) is 7.99. The molecule has 0 radical (unpaired) electrons. The predicted octanol–water partition coefficient (Wildman–Crippen LogP) is 1.40. The maximum absolute atomic E-state index is 5.42. The van der Waals surface area contributed by atoms with E-state index in [1.807, 2.05) is 16.8 Å². The van der Waals surface area contributed by atoms with Crippen molar-refractivity contribution in [2.45, 2.75) is 32.4 Å². The zero-order valence-electron chi connectivity index (χ0n) is 13.4. The van der Waals surface area contributed by atoms with Gasteiger partial charge in [0.1, 0.15) is 12.3 Å². The van der Waals surface area contributed by atoms with Crippen molar-refractivity contribution in [2.24, 2.45) is 0 Å². The van der Waals surface area contributed by atoms with Gasteiger partial charge < -0.3 is 9.32 Å². The van der Waals surface area contributed by atoms with Gasteiger partial charge in [0, 0.05) is 26.2 Å². The molecular formula is C15H24N6O. The van der Waals surface area contributed by atoms with Crippen LogP contribution in [0.1, 0.15) is 37.4 Å². The van der Waals surface area contributed by atoms with Gasteiger partial charge in [0.2, 0.25) is 0 Å². The van der Waals surface area contributed by atoms with Crippen LogP contribution in [0.3, 0.4) is 0 Å². The molecule has 0 aromatic carbocycles. The highest BCUT2D eigenvalue weighted by atomic mass is 16.3. The van der Waals surface area contributed by atoms with Gasteiger partial charge in [-0.3, -0.25) is 4.90 Å². The summed E-state index contributed by atoms with van der Waals surface area (Å²) in [7, 11) is 2.17. The third-order valence-electron chi connectivity index (χ3n) is 4.28. The van der Waals surface area contributed by atoms with E-state index in [2.05, 4.69) is 39.3 Å². The van der Waals surface area contributed by atoms with Crippen molar-refractivity contribution in [3.05, 3.63) is 30.0 Å². The largest absolute Gasteiger partial charge is 0.467 e. The molecule has 0 bridgehead atoms. The number of tetrazole rings is 1. The number of nitrogens with zero attached hydrogens (tertiary/aromatic N) is 6. The molecule has 0 amide bonds. The molecule has 1 fully saturated rings. The molecule has 3 heterocycles. The topological polar surface area (TPSA) is 63.2 Å². The predicted molar refractivity (Wildman–Crippen MR) is 82.3 cm³/mol. The second-order valence-corrected chi connectivity index (χ2v) is 5.92. The molecule has 0 spiro atoms. The number of aromatic nitrogens is 4. The van der Waals surface area contributed by atoms with Crippen molar-refractivity contribution in [3.8, 4) is 0 Å². The normalized spacial score (nSPS) is 18.6. The van der Waals surface area contributed by atoms with Gasteiger partial charge in [0.05, 0.1) is 12.3 Å². The Morgan fingerprint density at radius 2 is 2.09 bits per heavy atom. The van der Waals surface area contributed by atoms with Crippen LogP contribution in [0.2, 0.25) is 0 Å². The van der Waals surface area contributed by atoms with Crippen LogP contribution in [0, 0.1) is 0 Å². The summed E-state index contributed by atoms with van der Waals surface area (Å²) >= 11 is 0.